The Balaban J connectivity index is 1.95. The average molecular weight is 403 g/mol. The van der Waals surface area contributed by atoms with Crippen LogP contribution in [0.4, 0.5) is 0 Å². The summed E-state index contributed by atoms with van der Waals surface area (Å²) >= 11 is 0. The molecule has 26 heavy (non-hydrogen) atoms. The summed E-state index contributed by atoms with van der Waals surface area (Å²) in [6, 6.07) is 9.24. The van der Waals surface area contributed by atoms with Crippen molar-refractivity contribution in [3.63, 3.8) is 0 Å². The van der Waals surface area contributed by atoms with Crippen LogP contribution >= 0.6 is 15.5 Å². The number of benzene rings is 1. The van der Waals surface area contributed by atoms with Crippen molar-refractivity contribution in [2.45, 2.75) is 17.8 Å². The van der Waals surface area contributed by atoms with Gasteiger partial charge in [-0.2, -0.15) is 0 Å². The molecule has 0 bridgehead atoms. The zero-order valence-corrected chi connectivity index (χ0v) is 15.6. The third-order valence-corrected chi connectivity index (χ3v) is 9.09. The van der Waals surface area contributed by atoms with Crippen LogP contribution in [0.5, 0.6) is 5.75 Å². The van der Waals surface area contributed by atoms with Crippen molar-refractivity contribution in [1.82, 2.24) is 4.98 Å². The first-order valence-electron chi connectivity index (χ1n) is 7.58. The molecular weight excluding hydrogens is 384 g/mol. The Morgan fingerprint density at radius 1 is 1.35 bits per heavy atom. The SMILES string of the molecule is COc1cccc(C2OP(=O)(O)C(O)(Cc3cccnc3)[PH](O)(O)O2)c1. The molecule has 0 radical (unpaired) electrons. The Hall–Kier alpha value is -1.41. The van der Waals surface area contributed by atoms with Gasteiger partial charge in [-0.25, -0.2) is 0 Å². The summed E-state index contributed by atoms with van der Waals surface area (Å²) in [6.45, 7) is 0. The summed E-state index contributed by atoms with van der Waals surface area (Å²) < 4.78 is 28.0. The van der Waals surface area contributed by atoms with Crippen LogP contribution in [-0.4, -0.2) is 37.0 Å². The molecule has 2 heterocycles. The molecule has 4 N–H and O–H groups in total. The van der Waals surface area contributed by atoms with E-state index in [4.69, 9.17) is 13.8 Å². The number of pyridine rings is 1. The fraction of sp³-hybridized carbons (Fsp3) is 0.267. The van der Waals surface area contributed by atoms with Crippen LogP contribution in [0.25, 0.3) is 0 Å². The van der Waals surface area contributed by atoms with Crippen LogP contribution in [0.3, 0.4) is 0 Å². The topological polar surface area (TPSA) is 139 Å². The minimum atomic E-state index is -5.09. The second-order valence-electron chi connectivity index (χ2n) is 5.82. The molecule has 2 aromatic rings. The summed E-state index contributed by atoms with van der Waals surface area (Å²) in [5, 5.41) is 7.82. The summed E-state index contributed by atoms with van der Waals surface area (Å²) in [6.07, 6.45) is 0.688. The molecule has 0 saturated carbocycles. The van der Waals surface area contributed by atoms with Gasteiger partial charge in [-0.15, -0.1) is 0 Å². The van der Waals surface area contributed by atoms with Gasteiger partial charge in [-0.3, -0.25) is 0 Å². The molecule has 1 saturated heterocycles. The quantitative estimate of drug-likeness (QED) is 0.562. The van der Waals surface area contributed by atoms with Crippen LogP contribution in [0.15, 0.2) is 48.8 Å². The van der Waals surface area contributed by atoms with Crippen molar-refractivity contribution in [2.24, 2.45) is 0 Å². The zero-order valence-electron chi connectivity index (χ0n) is 13.7. The van der Waals surface area contributed by atoms with Crippen molar-refractivity contribution < 1.29 is 38.1 Å². The predicted molar refractivity (Wildman–Crippen MR) is 93.4 cm³/mol. The number of hydrogen-bond donors (Lipinski definition) is 4. The molecule has 3 rings (SSSR count). The molecule has 3 atom stereocenters. The summed E-state index contributed by atoms with van der Waals surface area (Å²) in [7, 11) is -8.57. The summed E-state index contributed by atoms with van der Waals surface area (Å²) in [5.74, 6) is 0.418. The Labute approximate surface area is 149 Å². The Bertz CT molecular complexity index is 833. The maximum absolute atomic E-state index is 12.7. The number of rotatable bonds is 4. The van der Waals surface area contributed by atoms with Gasteiger partial charge in [0.1, 0.15) is 0 Å². The molecule has 0 amide bonds. The average Bonchev–Trinajstić information content (AvgIpc) is 2.60. The molecule has 142 valence electrons. The molecule has 11 heteroatoms. The molecule has 1 fully saturated rings. The van der Waals surface area contributed by atoms with Gasteiger partial charge in [0.05, 0.1) is 0 Å². The van der Waals surface area contributed by atoms with Gasteiger partial charge < -0.3 is 0 Å². The van der Waals surface area contributed by atoms with Gasteiger partial charge in [0, 0.05) is 0 Å². The third-order valence-electron chi connectivity index (χ3n) is 4.04. The van der Waals surface area contributed by atoms with E-state index in [1.54, 1.807) is 18.2 Å². The van der Waals surface area contributed by atoms with E-state index in [9.17, 15) is 24.4 Å². The first-order valence-corrected chi connectivity index (χ1v) is 11.0. The Morgan fingerprint density at radius 3 is 2.73 bits per heavy atom. The monoisotopic (exact) mass is 403 g/mol. The van der Waals surface area contributed by atoms with Crippen molar-refractivity contribution in [3.8, 4) is 5.75 Å². The molecular formula is C15H19NO8P2. The first-order chi connectivity index (χ1) is 12.2. The summed E-state index contributed by atoms with van der Waals surface area (Å²) in [4.78, 5) is 35.0. The molecule has 0 aliphatic carbocycles. The van der Waals surface area contributed by atoms with E-state index in [1.807, 2.05) is 0 Å². The van der Waals surface area contributed by atoms with Gasteiger partial charge in [0.15, 0.2) is 0 Å². The maximum atomic E-state index is 12.7. The van der Waals surface area contributed by atoms with E-state index >= 15 is 0 Å². The standard InChI is InChI=1S/C15H19NO8P2/c1-22-13-6-2-5-12(8-13)14-23-25(18,19)15(17,26(20,21)24-14)9-11-4-3-7-16-10-11/h2-8,10,14,17-19,25H,9H2,1H3,(H,20,21). The van der Waals surface area contributed by atoms with E-state index in [-0.39, 0.29) is 5.56 Å². The van der Waals surface area contributed by atoms with E-state index in [0.29, 0.717) is 11.3 Å². The second-order valence-corrected chi connectivity index (χ2v) is 10.5. The van der Waals surface area contributed by atoms with Gasteiger partial charge in [-0.1, -0.05) is 0 Å². The molecule has 1 aromatic heterocycles. The van der Waals surface area contributed by atoms with Gasteiger partial charge in [-0.05, 0) is 0 Å². The molecule has 9 nitrogen and oxygen atoms in total. The van der Waals surface area contributed by atoms with E-state index in [1.165, 1.54) is 37.7 Å². The van der Waals surface area contributed by atoms with E-state index < -0.39 is 33.3 Å². The molecule has 3 unspecified atom stereocenters. The van der Waals surface area contributed by atoms with Gasteiger partial charge >= 0.3 is 149 Å². The van der Waals surface area contributed by atoms with E-state index in [0.717, 1.165) is 0 Å². The zero-order chi connectivity index (χ0) is 19.0. The van der Waals surface area contributed by atoms with Crippen LogP contribution in [0, 0.1) is 0 Å². The van der Waals surface area contributed by atoms with Gasteiger partial charge in [0.2, 0.25) is 0 Å². The number of methoxy groups -OCH3 is 1. The number of aromatic nitrogens is 1. The number of aliphatic hydroxyl groups is 1. The summed E-state index contributed by atoms with van der Waals surface area (Å²) in [5.41, 5.74) is 0.554. The van der Waals surface area contributed by atoms with Crippen molar-refractivity contribution >= 4 is 15.5 Å². The van der Waals surface area contributed by atoms with E-state index in [2.05, 4.69) is 4.98 Å². The van der Waals surface area contributed by atoms with Crippen molar-refractivity contribution in [2.75, 3.05) is 7.11 Å². The third kappa shape index (κ3) is 3.41. The first kappa shape index (κ1) is 19.4. The Kier molecular flexibility index (Phi) is 5.18. The van der Waals surface area contributed by atoms with Crippen LogP contribution in [-0.2, 0) is 20.0 Å². The van der Waals surface area contributed by atoms with Crippen LogP contribution in [0.1, 0.15) is 17.4 Å². The molecule has 1 aromatic carbocycles. The molecule has 1 aliphatic rings. The molecule has 1 aliphatic heterocycles. The fourth-order valence-corrected chi connectivity index (χ4v) is 6.54. The van der Waals surface area contributed by atoms with Crippen molar-refractivity contribution in [3.05, 3.63) is 59.9 Å². The normalized spacial score (nSPS) is 32.0. The fourth-order valence-electron chi connectivity index (χ4n) is 2.59. The van der Waals surface area contributed by atoms with Crippen LogP contribution in [0.2, 0.25) is 0 Å². The number of nitrogens with zero attached hydrogens (tertiary/aromatic N) is 1. The van der Waals surface area contributed by atoms with Crippen molar-refractivity contribution in [1.29, 1.82) is 0 Å². The molecule has 0 spiro atoms. The number of hydrogen-bond acceptors (Lipinski definition) is 8. The predicted octanol–water partition coefficient (Wildman–Crippen LogP) is 1.69. The number of ether oxygens (including phenoxy) is 1. The second kappa shape index (κ2) is 6.96. The Morgan fingerprint density at radius 2 is 2.12 bits per heavy atom. The minimum absolute atomic E-state index is 0.238. The van der Waals surface area contributed by atoms with Gasteiger partial charge in [0.25, 0.3) is 0 Å². The van der Waals surface area contributed by atoms with Crippen LogP contribution < -0.4 is 4.74 Å².